The van der Waals surface area contributed by atoms with Crippen molar-refractivity contribution >= 4 is 5.97 Å². The van der Waals surface area contributed by atoms with Crippen molar-refractivity contribution < 1.29 is 19.0 Å². The lowest BCUT2D eigenvalue weighted by Crippen LogP contribution is -2.20. The summed E-state index contributed by atoms with van der Waals surface area (Å²) in [4.78, 5) is 12.4. The highest BCUT2D eigenvalue weighted by Gasteiger charge is 2.18. The predicted molar refractivity (Wildman–Crippen MR) is 118 cm³/mol. The highest BCUT2D eigenvalue weighted by Crippen LogP contribution is 2.25. The van der Waals surface area contributed by atoms with Crippen LogP contribution in [0.3, 0.4) is 0 Å². The van der Waals surface area contributed by atoms with E-state index < -0.39 is 0 Å². The van der Waals surface area contributed by atoms with Gasteiger partial charge in [0.25, 0.3) is 0 Å². The first kappa shape index (κ1) is 20.9. The lowest BCUT2D eigenvalue weighted by Gasteiger charge is -2.22. The average Bonchev–Trinajstić information content (AvgIpc) is 2.81. The van der Waals surface area contributed by atoms with Gasteiger partial charge in [-0.05, 0) is 73.9 Å². The molecule has 2 aliphatic carbocycles. The second-order valence-corrected chi connectivity index (χ2v) is 8.46. The number of rotatable bonds is 7. The molecule has 0 radical (unpaired) electrons. The van der Waals surface area contributed by atoms with E-state index in [2.05, 4.69) is 0 Å². The molecule has 4 rings (SSSR count). The van der Waals surface area contributed by atoms with E-state index in [1.807, 2.05) is 48.5 Å². The lowest BCUT2D eigenvalue weighted by molar-refractivity contribution is -0.0496. The molecule has 0 aliphatic heterocycles. The largest absolute Gasteiger partial charge is 0.468 e. The van der Waals surface area contributed by atoms with Crippen molar-refractivity contribution in [1.29, 1.82) is 0 Å². The van der Waals surface area contributed by atoms with Crippen LogP contribution in [0.4, 0.5) is 0 Å². The maximum absolute atomic E-state index is 12.4. The third kappa shape index (κ3) is 5.85. The van der Waals surface area contributed by atoms with E-state index >= 15 is 0 Å². The number of benzene rings is 2. The third-order valence-electron chi connectivity index (χ3n) is 6.22. The number of carbonyl (C=O) groups is 1. The fraction of sp³-hybridized carbons (Fsp3) is 0.500. The van der Waals surface area contributed by atoms with Gasteiger partial charge in [-0.25, -0.2) is 4.79 Å². The Morgan fingerprint density at radius 3 is 1.83 bits per heavy atom. The van der Waals surface area contributed by atoms with E-state index in [1.54, 1.807) is 0 Å². The van der Waals surface area contributed by atoms with Crippen LogP contribution in [0.1, 0.15) is 74.6 Å². The molecule has 0 bridgehead atoms. The molecule has 4 heteroatoms. The Morgan fingerprint density at radius 1 is 0.700 bits per heavy atom. The molecule has 160 valence electrons. The Kier molecular flexibility index (Phi) is 7.41. The Balaban J connectivity index is 1.27. The van der Waals surface area contributed by atoms with Gasteiger partial charge in [0.2, 0.25) is 0 Å². The van der Waals surface area contributed by atoms with Crippen molar-refractivity contribution in [1.82, 2.24) is 0 Å². The number of esters is 1. The van der Waals surface area contributed by atoms with Gasteiger partial charge in [-0.3, -0.25) is 0 Å². The highest BCUT2D eigenvalue weighted by molar-refractivity contribution is 5.90. The van der Waals surface area contributed by atoms with Crippen LogP contribution in [-0.2, 0) is 9.47 Å². The molecule has 0 heterocycles. The molecule has 0 N–H and O–H groups in total. The summed E-state index contributed by atoms with van der Waals surface area (Å²) in [5.41, 5.74) is 2.76. The molecule has 2 fully saturated rings. The summed E-state index contributed by atoms with van der Waals surface area (Å²) in [5.74, 6) is 0.595. The van der Waals surface area contributed by atoms with Gasteiger partial charge in [-0.1, -0.05) is 49.9 Å². The second kappa shape index (κ2) is 10.6. The van der Waals surface area contributed by atoms with Crippen molar-refractivity contribution in [2.45, 2.75) is 76.4 Å². The molecule has 0 atom stereocenters. The fourth-order valence-corrected chi connectivity index (χ4v) is 4.37. The number of carbonyl (C=O) groups excluding carboxylic acids is 1. The zero-order valence-electron chi connectivity index (χ0n) is 17.7. The van der Waals surface area contributed by atoms with Gasteiger partial charge in [0, 0.05) is 0 Å². The average molecular weight is 409 g/mol. The lowest BCUT2D eigenvalue weighted by atomic mass is 9.98. The van der Waals surface area contributed by atoms with Crippen LogP contribution < -0.4 is 4.74 Å². The summed E-state index contributed by atoms with van der Waals surface area (Å²) in [7, 11) is 0. The van der Waals surface area contributed by atoms with E-state index in [1.165, 1.54) is 25.7 Å². The summed E-state index contributed by atoms with van der Waals surface area (Å²) < 4.78 is 17.2. The van der Waals surface area contributed by atoms with E-state index in [4.69, 9.17) is 14.2 Å². The van der Waals surface area contributed by atoms with E-state index in [0.29, 0.717) is 18.5 Å². The molecular weight excluding hydrogens is 376 g/mol. The second-order valence-electron chi connectivity index (χ2n) is 8.46. The molecule has 30 heavy (non-hydrogen) atoms. The van der Waals surface area contributed by atoms with Crippen LogP contribution in [0.15, 0.2) is 48.5 Å². The smallest absolute Gasteiger partial charge is 0.338 e. The molecule has 0 aromatic heterocycles. The zero-order chi connectivity index (χ0) is 20.6. The van der Waals surface area contributed by atoms with Crippen LogP contribution in [-0.4, -0.2) is 25.0 Å². The molecule has 2 saturated carbocycles. The number of ether oxygens (including phenoxy) is 3. The first-order valence-corrected chi connectivity index (χ1v) is 11.4. The summed E-state index contributed by atoms with van der Waals surface area (Å²) >= 11 is 0. The van der Waals surface area contributed by atoms with Crippen LogP contribution in [0.5, 0.6) is 5.75 Å². The SMILES string of the molecule is O=C(OC1CCCCC1)c1ccc(-c2ccc(OCOC3CCCCC3)cc2)cc1. The van der Waals surface area contributed by atoms with E-state index in [9.17, 15) is 4.79 Å². The van der Waals surface area contributed by atoms with E-state index in [0.717, 1.165) is 55.4 Å². The fourth-order valence-electron chi connectivity index (χ4n) is 4.37. The van der Waals surface area contributed by atoms with Crippen molar-refractivity contribution in [3.63, 3.8) is 0 Å². The molecule has 0 amide bonds. The van der Waals surface area contributed by atoms with Gasteiger partial charge in [-0.2, -0.15) is 0 Å². The monoisotopic (exact) mass is 408 g/mol. The minimum atomic E-state index is -0.213. The number of hydrogen-bond donors (Lipinski definition) is 0. The van der Waals surface area contributed by atoms with Crippen molar-refractivity contribution in [3.8, 4) is 16.9 Å². The van der Waals surface area contributed by atoms with Gasteiger partial charge >= 0.3 is 5.97 Å². The summed E-state index contributed by atoms with van der Waals surface area (Å²) in [5, 5.41) is 0. The maximum Gasteiger partial charge on any atom is 0.338 e. The van der Waals surface area contributed by atoms with Gasteiger partial charge < -0.3 is 14.2 Å². The van der Waals surface area contributed by atoms with Crippen LogP contribution >= 0.6 is 0 Å². The van der Waals surface area contributed by atoms with Crippen LogP contribution in [0, 0.1) is 0 Å². The number of hydrogen-bond acceptors (Lipinski definition) is 4. The summed E-state index contributed by atoms with van der Waals surface area (Å²) in [6.45, 7) is 0.307. The van der Waals surface area contributed by atoms with Crippen molar-refractivity contribution in [2.75, 3.05) is 6.79 Å². The topological polar surface area (TPSA) is 44.8 Å². The third-order valence-corrected chi connectivity index (χ3v) is 6.22. The predicted octanol–water partition coefficient (Wildman–Crippen LogP) is 6.53. The standard InChI is InChI=1S/C26H32O4/c27-26(30-25-9-5-2-6-10-25)22-13-11-20(12-14-22)21-15-17-24(18-16-21)29-19-28-23-7-3-1-4-8-23/h11-18,23,25H,1-10,19H2. The molecule has 2 aromatic carbocycles. The normalized spacial score (nSPS) is 18.1. The molecule has 0 saturated heterocycles. The van der Waals surface area contributed by atoms with Gasteiger partial charge in [0.05, 0.1) is 11.7 Å². The molecule has 0 spiro atoms. The Bertz CT molecular complexity index is 785. The maximum atomic E-state index is 12.4. The Morgan fingerprint density at radius 2 is 1.23 bits per heavy atom. The molecule has 2 aliphatic rings. The highest BCUT2D eigenvalue weighted by atomic mass is 16.7. The Labute approximate surface area is 179 Å². The van der Waals surface area contributed by atoms with Gasteiger partial charge in [0.1, 0.15) is 11.9 Å². The quantitative estimate of drug-likeness (QED) is 0.386. The van der Waals surface area contributed by atoms with Crippen LogP contribution in [0.25, 0.3) is 11.1 Å². The molecular formula is C26H32O4. The molecule has 4 nitrogen and oxygen atoms in total. The zero-order valence-corrected chi connectivity index (χ0v) is 17.7. The first-order valence-electron chi connectivity index (χ1n) is 11.4. The van der Waals surface area contributed by atoms with E-state index in [-0.39, 0.29) is 12.1 Å². The molecule has 2 aromatic rings. The van der Waals surface area contributed by atoms with Gasteiger partial charge in [-0.15, -0.1) is 0 Å². The minimum absolute atomic E-state index is 0.0839. The van der Waals surface area contributed by atoms with Crippen molar-refractivity contribution in [3.05, 3.63) is 54.1 Å². The van der Waals surface area contributed by atoms with Gasteiger partial charge in [0.15, 0.2) is 6.79 Å². The minimum Gasteiger partial charge on any atom is -0.468 e. The first-order chi connectivity index (χ1) is 14.8. The van der Waals surface area contributed by atoms with Crippen LogP contribution in [0.2, 0.25) is 0 Å². The molecule has 0 unspecified atom stereocenters. The summed E-state index contributed by atoms with van der Waals surface area (Å²) in [6.07, 6.45) is 12.1. The Hall–Kier alpha value is -2.33. The summed E-state index contributed by atoms with van der Waals surface area (Å²) in [6, 6.07) is 15.6. The van der Waals surface area contributed by atoms with Crippen molar-refractivity contribution in [2.24, 2.45) is 0 Å².